The Kier molecular flexibility index (Phi) is 6.62. The predicted molar refractivity (Wildman–Crippen MR) is 102 cm³/mol. The molecule has 0 saturated heterocycles. The van der Waals surface area contributed by atoms with Crippen molar-refractivity contribution in [3.8, 4) is 0 Å². The fourth-order valence-electron chi connectivity index (χ4n) is 2.49. The van der Waals surface area contributed by atoms with E-state index in [1.54, 1.807) is 22.9 Å². The molecular formula is C19H26N4O2. The highest BCUT2D eigenvalue weighted by molar-refractivity contribution is 5.90. The largest absolute Gasteiger partial charge is 0.378 e. The van der Waals surface area contributed by atoms with Gasteiger partial charge < -0.3 is 20.1 Å². The first-order valence-corrected chi connectivity index (χ1v) is 8.45. The summed E-state index contributed by atoms with van der Waals surface area (Å²) in [6.45, 7) is 3.20. The number of carbonyl (C=O) groups excluding carboxylic acids is 1. The van der Waals surface area contributed by atoms with E-state index in [1.807, 2.05) is 50.2 Å². The quantitative estimate of drug-likeness (QED) is 0.761. The molecule has 1 aromatic heterocycles. The van der Waals surface area contributed by atoms with E-state index in [9.17, 15) is 9.59 Å². The van der Waals surface area contributed by atoms with E-state index >= 15 is 0 Å². The van der Waals surface area contributed by atoms with Crippen LogP contribution in [0, 0.1) is 6.92 Å². The zero-order valence-corrected chi connectivity index (χ0v) is 15.1. The molecule has 2 amide bonds. The molecule has 2 N–H and O–H groups in total. The molecule has 0 fully saturated rings. The summed E-state index contributed by atoms with van der Waals surface area (Å²) in [6.07, 6.45) is 3.43. The molecule has 0 unspecified atom stereocenters. The van der Waals surface area contributed by atoms with Gasteiger partial charge in [0.2, 0.25) is 5.56 Å². The monoisotopic (exact) mass is 342 g/mol. The van der Waals surface area contributed by atoms with Crippen LogP contribution in [0.5, 0.6) is 0 Å². The number of nitrogens with one attached hydrogen (secondary N) is 2. The van der Waals surface area contributed by atoms with Crippen molar-refractivity contribution < 1.29 is 4.79 Å². The van der Waals surface area contributed by atoms with Crippen LogP contribution in [-0.2, 0) is 6.54 Å². The minimum absolute atomic E-state index is 0.00449. The third kappa shape index (κ3) is 5.67. The lowest BCUT2D eigenvalue weighted by Gasteiger charge is -2.15. The first-order valence-electron chi connectivity index (χ1n) is 8.45. The zero-order valence-electron chi connectivity index (χ0n) is 15.1. The molecule has 25 heavy (non-hydrogen) atoms. The van der Waals surface area contributed by atoms with Crippen LogP contribution in [0.25, 0.3) is 0 Å². The Morgan fingerprint density at radius 1 is 1.16 bits per heavy atom. The van der Waals surface area contributed by atoms with Gasteiger partial charge in [0.25, 0.3) is 0 Å². The number of urea groups is 1. The second kappa shape index (κ2) is 8.92. The second-order valence-electron chi connectivity index (χ2n) is 6.21. The number of rotatable bonds is 7. The highest BCUT2D eigenvalue weighted by Gasteiger charge is 2.05. The number of nitrogens with zero attached hydrogens (tertiary/aromatic N) is 2. The molecular weight excluding hydrogens is 316 g/mol. The number of aromatic nitrogens is 1. The third-order valence-electron chi connectivity index (χ3n) is 3.98. The van der Waals surface area contributed by atoms with Crippen molar-refractivity contribution in [2.24, 2.45) is 0 Å². The number of pyridine rings is 1. The molecule has 0 saturated carbocycles. The summed E-state index contributed by atoms with van der Waals surface area (Å²) in [5, 5.41) is 5.72. The fraction of sp³-hybridized carbons (Fsp3) is 0.368. The average molecular weight is 342 g/mol. The Morgan fingerprint density at radius 3 is 2.64 bits per heavy atom. The van der Waals surface area contributed by atoms with Crippen molar-refractivity contribution in [1.29, 1.82) is 0 Å². The molecule has 0 atom stereocenters. The molecule has 0 spiro atoms. The molecule has 2 rings (SSSR count). The lowest BCUT2D eigenvalue weighted by atomic mass is 10.1. The van der Waals surface area contributed by atoms with E-state index in [2.05, 4.69) is 10.6 Å². The lowest BCUT2D eigenvalue weighted by Crippen LogP contribution is -2.30. The summed E-state index contributed by atoms with van der Waals surface area (Å²) >= 11 is 0. The SMILES string of the molecule is Cc1cc(N(C)C)ccc1NC(=O)NCCCCn1ccccc1=O. The summed E-state index contributed by atoms with van der Waals surface area (Å²) in [4.78, 5) is 25.6. The maximum absolute atomic E-state index is 12.0. The van der Waals surface area contributed by atoms with E-state index in [4.69, 9.17) is 0 Å². The number of amides is 2. The van der Waals surface area contributed by atoms with Crippen molar-refractivity contribution in [1.82, 2.24) is 9.88 Å². The zero-order chi connectivity index (χ0) is 18.2. The Morgan fingerprint density at radius 2 is 1.96 bits per heavy atom. The van der Waals surface area contributed by atoms with Crippen molar-refractivity contribution in [3.05, 3.63) is 58.5 Å². The van der Waals surface area contributed by atoms with Crippen LogP contribution in [0.4, 0.5) is 16.2 Å². The minimum atomic E-state index is -0.211. The summed E-state index contributed by atoms with van der Waals surface area (Å²) in [5.74, 6) is 0. The fourth-order valence-corrected chi connectivity index (χ4v) is 2.49. The summed E-state index contributed by atoms with van der Waals surface area (Å²) in [5.41, 5.74) is 2.92. The second-order valence-corrected chi connectivity index (χ2v) is 6.21. The van der Waals surface area contributed by atoms with Gasteiger partial charge in [0.05, 0.1) is 0 Å². The van der Waals surface area contributed by atoms with Crippen LogP contribution < -0.4 is 21.1 Å². The molecule has 6 nitrogen and oxygen atoms in total. The van der Waals surface area contributed by atoms with E-state index in [0.717, 1.165) is 29.8 Å². The molecule has 0 bridgehead atoms. The van der Waals surface area contributed by atoms with Gasteiger partial charge >= 0.3 is 6.03 Å². The molecule has 134 valence electrons. The standard InChI is InChI=1S/C19H26N4O2/c1-15-14-16(22(2)3)9-10-17(15)21-19(25)20-11-5-7-13-23-12-6-4-8-18(23)24/h4,6,8-10,12,14H,5,7,11,13H2,1-3H3,(H2,20,21,25). The van der Waals surface area contributed by atoms with E-state index in [0.29, 0.717) is 13.1 Å². The van der Waals surface area contributed by atoms with Gasteiger partial charge in [0, 0.05) is 50.8 Å². The normalized spacial score (nSPS) is 10.4. The predicted octanol–water partition coefficient (Wildman–Crippen LogP) is 2.82. The van der Waals surface area contributed by atoms with Crippen molar-refractivity contribution in [2.75, 3.05) is 30.9 Å². The van der Waals surface area contributed by atoms with Gasteiger partial charge in [-0.05, 0) is 49.6 Å². The van der Waals surface area contributed by atoms with Gasteiger partial charge in [0.15, 0.2) is 0 Å². The summed E-state index contributed by atoms with van der Waals surface area (Å²) < 4.78 is 1.68. The molecule has 1 heterocycles. The molecule has 1 aromatic carbocycles. The van der Waals surface area contributed by atoms with Gasteiger partial charge in [-0.15, -0.1) is 0 Å². The van der Waals surface area contributed by atoms with E-state index in [-0.39, 0.29) is 11.6 Å². The lowest BCUT2D eigenvalue weighted by molar-refractivity contribution is 0.252. The van der Waals surface area contributed by atoms with Crippen LogP contribution in [0.3, 0.4) is 0 Å². The number of benzene rings is 1. The molecule has 2 aromatic rings. The number of unbranched alkanes of at least 4 members (excludes halogenated alkanes) is 1. The number of hydrogen-bond acceptors (Lipinski definition) is 3. The van der Waals surface area contributed by atoms with E-state index in [1.165, 1.54) is 0 Å². The maximum Gasteiger partial charge on any atom is 0.319 e. The molecule has 0 aliphatic heterocycles. The summed E-state index contributed by atoms with van der Waals surface area (Å²) in [7, 11) is 3.97. The molecule has 0 aliphatic rings. The first kappa shape index (κ1) is 18.6. The van der Waals surface area contributed by atoms with Crippen molar-refractivity contribution >= 4 is 17.4 Å². The Hall–Kier alpha value is -2.76. The van der Waals surface area contributed by atoms with Crippen LogP contribution in [0.2, 0.25) is 0 Å². The molecule has 0 aliphatic carbocycles. The van der Waals surface area contributed by atoms with Gasteiger partial charge in [-0.2, -0.15) is 0 Å². The topological polar surface area (TPSA) is 66.4 Å². The molecule has 0 radical (unpaired) electrons. The van der Waals surface area contributed by atoms with Crippen molar-refractivity contribution in [3.63, 3.8) is 0 Å². The van der Waals surface area contributed by atoms with Crippen molar-refractivity contribution in [2.45, 2.75) is 26.3 Å². The molecule has 6 heteroatoms. The smallest absolute Gasteiger partial charge is 0.319 e. The third-order valence-corrected chi connectivity index (χ3v) is 3.98. The van der Waals surface area contributed by atoms with Crippen LogP contribution in [0.15, 0.2) is 47.4 Å². The van der Waals surface area contributed by atoms with Crippen LogP contribution >= 0.6 is 0 Å². The average Bonchev–Trinajstić information content (AvgIpc) is 2.57. The van der Waals surface area contributed by atoms with Gasteiger partial charge in [-0.3, -0.25) is 4.79 Å². The van der Waals surface area contributed by atoms with Gasteiger partial charge in [0.1, 0.15) is 0 Å². The minimum Gasteiger partial charge on any atom is -0.378 e. The van der Waals surface area contributed by atoms with Gasteiger partial charge in [-0.1, -0.05) is 6.07 Å². The highest BCUT2D eigenvalue weighted by atomic mass is 16.2. The van der Waals surface area contributed by atoms with E-state index < -0.39 is 0 Å². The number of carbonyl (C=O) groups is 1. The Bertz CT molecular complexity index is 768. The number of hydrogen-bond donors (Lipinski definition) is 2. The number of aryl methyl sites for hydroxylation is 2. The van der Waals surface area contributed by atoms with Gasteiger partial charge in [-0.25, -0.2) is 4.79 Å². The number of anilines is 2. The van der Waals surface area contributed by atoms with Crippen LogP contribution in [-0.4, -0.2) is 31.2 Å². The maximum atomic E-state index is 12.0. The first-order chi connectivity index (χ1) is 12.0. The Balaban J connectivity index is 1.72. The van der Waals surface area contributed by atoms with Crippen LogP contribution in [0.1, 0.15) is 18.4 Å². The highest BCUT2D eigenvalue weighted by Crippen LogP contribution is 2.21. The summed E-state index contributed by atoms with van der Waals surface area (Å²) in [6, 6.07) is 10.8. The Labute approximate surface area is 148 Å².